The van der Waals surface area contributed by atoms with Crippen molar-refractivity contribution in [2.24, 2.45) is 5.73 Å². The van der Waals surface area contributed by atoms with Crippen molar-refractivity contribution in [3.8, 4) is 0 Å². The predicted octanol–water partition coefficient (Wildman–Crippen LogP) is 0.540. The first-order valence-electron chi connectivity index (χ1n) is 6.98. The van der Waals surface area contributed by atoms with Crippen LogP contribution in [0.4, 0.5) is 5.69 Å². The Morgan fingerprint density at radius 3 is 2.71 bits per heavy atom. The van der Waals surface area contributed by atoms with Crippen LogP contribution < -0.4 is 16.4 Å². The Morgan fingerprint density at radius 1 is 1.38 bits per heavy atom. The summed E-state index contributed by atoms with van der Waals surface area (Å²) in [6, 6.07) is 7.13. The van der Waals surface area contributed by atoms with Gasteiger partial charge in [-0.3, -0.25) is 14.5 Å². The highest BCUT2D eigenvalue weighted by Crippen LogP contribution is 2.11. The molecule has 0 fully saturated rings. The molecule has 116 valence electrons. The maximum atomic E-state index is 12.2. The Balaban J connectivity index is 2.55. The van der Waals surface area contributed by atoms with Crippen molar-refractivity contribution in [2.45, 2.75) is 25.9 Å². The lowest BCUT2D eigenvalue weighted by Gasteiger charge is -2.23. The second kappa shape index (κ2) is 8.39. The minimum Gasteiger partial charge on any atom is -0.359 e. The van der Waals surface area contributed by atoms with E-state index in [-0.39, 0.29) is 17.9 Å². The van der Waals surface area contributed by atoms with Crippen molar-refractivity contribution in [3.63, 3.8) is 0 Å². The first kappa shape index (κ1) is 17.1. The lowest BCUT2D eigenvalue weighted by molar-refractivity contribution is -0.123. The molecule has 0 bridgehead atoms. The van der Waals surface area contributed by atoms with E-state index in [4.69, 9.17) is 5.73 Å². The van der Waals surface area contributed by atoms with E-state index in [2.05, 4.69) is 10.6 Å². The standard InChI is InChI=1S/C15H24N4O2/c1-11(19(3)8-7-14(20)17-2)15(21)18-13-6-4-5-12(9-13)10-16/h4-6,9,11H,7-8,10,16H2,1-3H3,(H,17,20)(H,18,21). The van der Waals surface area contributed by atoms with Gasteiger partial charge in [0.05, 0.1) is 6.04 Å². The topological polar surface area (TPSA) is 87.5 Å². The van der Waals surface area contributed by atoms with Gasteiger partial charge in [-0.05, 0) is 31.7 Å². The van der Waals surface area contributed by atoms with Crippen LogP contribution >= 0.6 is 0 Å². The second-order valence-corrected chi connectivity index (χ2v) is 4.97. The van der Waals surface area contributed by atoms with Gasteiger partial charge in [-0.1, -0.05) is 12.1 Å². The number of hydrogen-bond acceptors (Lipinski definition) is 4. The number of benzene rings is 1. The molecule has 1 rings (SSSR count). The molecule has 0 aliphatic heterocycles. The molecule has 2 amide bonds. The van der Waals surface area contributed by atoms with E-state index in [9.17, 15) is 9.59 Å². The summed E-state index contributed by atoms with van der Waals surface area (Å²) in [6.07, 6.45) is 0.368. The minimum atomic E-state index is -0.323. The first-order valence-corrected chi connectivity index (χ1v) is 6.98. The Kier molecular flexibility index (Phi) is 6.84. The van der Waals surface area contributed by atoms with Gasteiger partial charge < -0.3 is 16.4 Å². The van der Waals surface area contributed by atoms with Gasteiger partial charge in [-0.15, -0.1) is 0 Å². The number of likely N-dealkylation sites (N-methyl/N-ethyl adjacent to an activating group) is 1. The molecule has 0 spiro atoms. The normalized spacial score (nSPS) is 12.0. The number of nitrogens with one attached hydrogen (secondary N) is 2. The first-order chi connectivity index (χ1) is 9.97. The Bertz CT molecular complexity index is 490. The molecule has 4 N–H and O–H groups in total. The fourth-order valence-corrected chi connectivity index (χ4v) is 1.82. The number of anilines is 1. The van der Waals surface area contributed by atoms with Gasteiger partial charge >= 0.3 is 0 Å². The van der Waals surface area contributed by atoms with Crippen LogP contribution in [0.15, 0.2) is 24.3 Å². The summed E-state index contributed by atoms with van der Waals surface area (Å²) >= 11 is 0. The number of nitrogens with zero attached hydrogens (tertiary/aromatic N) is 1. The van der Waals surface area contributed by atoms with E-state index in [1.54, 1.807) is 7.05 Å². The third-order valence-corrected chi connectivity index (χ3v) is 3.44. The van der Waals surface area contributed by atoms with Crippen molar-refractivity contribution in [2.75, 3.05) is 26.0 Å². The average molecular weight is 292 g/mol. The predicted molar refractivity (Wildman–Crippen MR) is 83.7 cm³/mol. The quantitative estimate of drug-likeness (QED) is 0.684. The molecule has 1 aromatic rings. The molecule has 0 saturated carbocycles. The molecule has 0 aromatic heterocycles. The Hall–Kier alpha value is -1.92. The summed E-state index contributed by atoms with van der Waals surface area (Å²) in [6.45, 7) is 2.77. The molecular weight excluding hydrogens is 268 g/mol. The molecule has 0 aliphatic rings. The van der Waals surface area contributed by atoms with Crippen molar-refractivity contribution in [1.29, 1.82) is 0 Å². The molecule has 1 atom stereocenters. The molecular formula is C15H24N4O2. The molecule has 6 heteroatoms. The summed E-state index contributed by atoms with van der Waals surface area (Å²) in [4.78, 5) is 25.2. The van der Waals surface area contributed by atoms with Crippen molar-refractivity contribution in [1.82, 2.24) is 10.2 Å². The average Bonchev–Trinajstić information content (AvgIpc) is 2.51. The summed E-state index contributed by atoms with van der Waals surface area (Å²) in [5.74, 6) is -0.145. The van der Waals surface area contributed by atoms with E-state index < -0.39 is 0 Å². The molecule has 0 radical (unpaired) electrons. The van der Waals surface area contributed by atoms with E-state index in [1.165, 1.54) is 0 Å². The van der Waals surface area contributed by atoms with E-state index in [0.29, 0.717) is 19.5 Å². The van der Waals surface area contributed by atoms with Gasteiger partial charge in [-0.2, -0.15) is 0 Å². The highest BCUT2D eigenvalue weighted by molar-refractivity contribution is 5.94. The smallest absolute Gasteiger partial charge is 0.241 e. The monoisotopic (exact) mass is 292 g/mol. The highest BCUT2D eigenvalue weighted by atomic mass is 16.2. The Morgan fingerprint density at radius 2 is 2.10 bits per heavy atom. The third-order valence-electron chi connectivity index (χ3n) is 3.44. The zero-order valence-corrected chi connectivity index (χ0v) is 12.8. The summed E-state index contributed by atoms with van der Waals surface area (Å²) in [7, 11) is 3.42. The van der Waals surface area contributed by atoms with E-state index in [0.717, 1.165) is 11.3 Å². The lowest BCUT2D eigenvalue weighted by atomic mass is 10.2. The third kappa shape index (κ3) is 5.53. The zero-order chi connectivity index (χ0) is 15.8. The number of nitrogens with two attached hydrogens (primary N) is 1. The number of amides is 2. The van der Waals surface area contributed by atoms with Crippen molar-refractivity contribution >= 4 is 17.5 Å². The molecule has 6 nitrogen and oxygen atoms in total. The van der Waals surface area contributed by atoms with Gasteiger partial charge in [-0.25, -0.2) is 0 Å². The fraction of sp³-hybridized carbons (Fsp3) is 0.467. The molecule has 0 saturated heterocycles. The maximum absolute atomic E-state index is 12.2. The van der Waals surface area contributed by atoms with Crippen molar-refractivity contribution in [3.05, 3.63) is 29.8 Å². The van der Waals surface area contributed by atoms with Gasteiger partial charge in [0.1, 0.15) is 0 Å². The summed E-state index contributed by atoms with van der Waals surface area (Å²) in [5, 5.41) is 5.43. The summed E-state index contributed by atoms with van der Waals surface area (Å²) < 4.78 is 0. The maximum Gasteiger partial charge on any atom is 0.241 e. The minimum absolute atomic E-state index is 0.0369. The van der Waals surface area contributed by atoms with Crippen LogP contribution in [-0.4, -0.2) is 43.4 Å². The van der Waals surface area contributed by atoms with Crippen LogP contribution in [0.2, 0.25) is 0 Å². The molecule has 21 heavy (non-hydrogen) atoms. The summed E-state index contributed by atoms with van der Waals surface area (Å²) in [5.41, 5.74) is 7.28. The van der Waals surface area contributed by atoms with Crippen LogP contribution in [0.25, 0.3) is 0 Å². The lowest BCUT2D eigenvalue weighted by Crippen LogP contribution is -2.41. The van der Waals surface area contributed by atoms with Crippen LogP contribution in [-0.2, 0) is 16.1 Å². The number of carbonyl (C=O) groups is 2. The second-order valence-electron chi connectivity index (χ2n) is 4.97. The molecule has 1 aromatic carbocycles. The zero-order valence-electron chi connectivity index (χ0n) is 12.8. The number of hydrogen-bond donors (Lipinski definition) is 3. The number of carbonyl (C=O) groups excluding carboxylic acids is 2. The van der Waals surface area contributed by atoms with E-state index >= 15 is 0 Å². The fourth-order valence-electron chi connectivity index (χ4n) is 1.82. The van der Waals surface area contributed by atoms with Crippen LogP contribution in [0.3, 0.4) is 0 Å². The highest BCUT2D eigenvalue weighted by Gasteiger charge is 2.18. The number of rotatable bonds is 7. The van der Waals surface area contributed by atoms with Gasteiger partial charge in [0, 0.05) is 32.2 Å². The van der Waals surface area contributed by atoms with Gasteiger partial charge in [0.25, 0.3) is 0 Å². The Labute approximate surface area is 125 Å². The van der Waals surface area contributed by atoms with Crippen LogP contribution in [0, 0.1) is 0 Å². The van der Waals surface area contributed by atoms with Crippen molar-refractivity contribution < 1.29 is 9.59 Å². The van der Waals surface area contributed by atoms with Crippen LogP contribution in [0.1, 0.15) is 18.9 Å². The molecule has 0 heterocycles. The molecule has 0 aliphatic carbocycles. The SMILES string of the molecule is CNC(=O)CCN(C)C(C)C(=O)Nc1cccc(CN)c1. The van der Waals surface area contributed by atoms with Gasteiger partial charge in [0.2, 0.25) is 11.8 Å². The van der Waals surface area contributed by atoms with E-state index in [1.807, 2.05) is 43.1 Å². The largest absolute Gasteiger partial charge is 0.359 e. The molecule has 1 unspecified atom stereocenters. The van der Waals surface area contributed by atoms with Gasteiger partial charge in [0.15, 0.2) is 0 Å². The van der Waals surface area contributed by atoms with Crippen LogP contribution in [0.5, 0.6) is 0 Å².